The van der Waals surface area contributed by atoms with Gasteiger partial charge in [-0.3, -0.25) is 0 Å². The van der Waals surface area contributed by atoms with Gasteiger partial charge in [-0.2, -0.15) is 0 Å². The van der Waals surface area contributed by atoms with E-state index in [1.54, 1.807) is 12.1 Å². The van der Waals surface area contributed by atoms with Crippen LogP contribution in [0.25, 0.3) is 0 Å². The third-order valence-corrected chi connectivity index (χ3v) is 4.14. The Bertz CT molecular complexity index is 713. The highest BCUT2D eigenvalue weighted by Gasteiger charge is 2.19. The van der Waals surface area contributed by atoms with Gasteiger partial charge < -0.3 is 24.5 Å². The molecule has 6 heteroatoms. The molecule has 2 rings (SSSR count). The number of halogens is 1. The van der Waals surface area contributed by atoms with Gasteiger partial charge in [-0.25, -0.2) is 4.39 Å². The van der Waals surface area contributed by atoms with Crippen LogP contribution in [0.15, 0.2) is 42.5 Å². The average Bonchev–Trinajstić information content (AvgIpc) is 2.68. The van der Waals surface area contributed by atoms with E-state index in [2.05, 4.69) is 0 Å². The number of aldehydes is 1. The zero-order valence-corrected chi connectivity index (χ0v) is 15.3. The summed E-state index contributed by atoms with van der Waals surface area (Å²) in [6.07, 6.45) is -0.332. The molecule has 1 unspecified atom stereocenters. The number of carbonyl (C=O) groups is 1. The molecule has 0 aromatic heterocycles. The first-order chi connectivity index (χ1) is 13.1. The highest BCUT2D eigenvalue weighted by Crippen LogP contribution is 2.26. The summed E-state index contributed by atoms with van der Waals surface area (Å²) in [5.74, 6) is 0.410. The van der Waals surface area contributed by atoms with Crippen LogP contribution in [-0.2, 0) is 16.0 Å². The maximum absolute atomic E-state index is 14.3. The van der Waals surface area contributed by atoms with Gasteiger partial charge in [0.05, 0.1) is 25.9 Å². The fourth-order valence-corrected chi connectivity index (χ4v) is 2.75. The van der Waals surface area contributed by atoms with Gasteiger partial charge in [-0.1, -0.05) is 18.2 Å². The molecule has 0 radical (unpaired) electrons. The minimum atomic E-state index is -0.797. The molecule has 0 fully saturated rings. The van der Waals surface area contributed by atoms with E-state index in [0.29, 0.717) is 30.4 Å². The number of carbonyl (C=O) groups excluding carboxylic acids is 1. The van der Waals surface area contributed by atoms with Gasteiger partial charge in [-0.15, -0.1) is 0 Å². The highest BCUT2D eigenvalue weighted by molar-refractivity contribution is 5.51. The van der Waals surface area contributed by atoms with Crippen molar-refractivity contribution in [2.45, 2.75) is 32.0 Å². The molecule has 0 saturated carbocycles. The number of hydrogen-bond donors (Lipinski definition) is 2. The summed E-state index contributed by atoms with van der Waals surface area (Å²) in [5, 5.41) is 18.4. The maximum atomic E-state index is 14.3. The standard InChI is InChI=1S/C21H25FO5/c1-2-26-18-6-3-15(4-7-18)11-17-12-16(5-8-20(17)22)21(9-10-23)27-19(13-24)14-25/h3-8,10,12,19,21,24-25H,2,9,11,13-14H2,1H3. The summed E-state index contributed by atoms with van der Waals surface area (Å²) in [6.45, 7) is 1.75. The van der Waals surface area contributed by atoms with Crippen LogP contribution in [0.2, 0.25) is 0 Å². The lowest BCUT2D eigenvalue weighted by molar-refractivity contribution is -0.114. The van der Waals surface area contributed by atoms with Crippen molar-refractivity contribution in [2.75, 3.05) is 19.8 Å². The van der Waals surface area contributed by atoms with E-state index in [1.165, 1.54) is 6.07 Å². The Balaban J connectivity index is 2.21. The van der Waals surface area contributed by atoms with Gasteiger partial charge in [0.15, 0.2) is 0 Å². The second kappa shape index (κ2) is 10.8. The van der Waals surface area contributed by atoms with Crippen LogP contribution in [0.3, 0.4) is 0 Å². The van der Waals surface area contributed by atoms with E-state index in [0.717, 1.165) is 11.3 Å². The zero-order valence-electron chi connectivity index (χ0n) is 15.3. The second-order valence-corrected chi connectivity index (χ2v) is 6.12. The molecular weight excluding hydrogens is 351 g/mol. The van der Waals surface area contributed by atoms with Gasteiger partial charge in [0.25, 0.3) is 0 Å². The average molecular weight is 376 g/mol. The van der Waals surface area contributed by atoms with Crippen LogP contribution < -0.4 is 4.74 Å². The van der Waals surface area contributed by atoms with Crippen LogP contribution in [0, 0.1) is 5.82 Å². The minimum absolute atomic E-state index is 0.0463. The van der Waals surface area contributed by atoms with Crippen LogP contribution in [-0.4, -0.2) is 42.4 Å². The SMILES string of the molecule is CCOc1ccc(Cc2cc(C(CC=O)OC(CO)CO)ccc2F)cc1. The third kappa shape index (κ3) is 6.13. The van der Waals surface area contributed by atoms with E-state index in [-0.39, 0.29) is 25.5 Å². The summed E-state index contributed by atoms with van der Waals surface area (Å²) in [7, 11) is 0. The van der Waals surface area contributed by atoms with Crippen LogP contribution in [0.1, 0.15) is 36.1 Å². The Morgan fingerprint density at radius 2 is 1.81 bits per heavy atom. The third-order valence-electron chi connectivity index (χ3n) is 4.14. The van der Waals surface area contributed by atoms with Gasteiger partial charge in [0, 0.05) is 12.8 Å². The molecule has 1 atom stereocenters. The summed E-state index contributed by atoms with van der Waals surface area (Å²) in [4.78, 5) is 11.0. The first-order valence-electron chi connectivity index (χ1n) is 8.92. The molecule has 2 N–H and O–H groups in total. The molecule has 0 aliphatic rings. The largest absolute Gasteiger partial charge is 0.494 e. The first-order valence-corrected chi connectivity index (χ1v) is 8.92. The molecule has 0 bridgehead atoms. The van der Waals surface area contributed by atoms with Crippen molar-refractivity contribution in [3.05, 3.63) is 65.0 Å². The lowest BCUT2D eigenvalue weighted by Crippen LogP contribution is -2.25. The summed E-state index contributed by atoms with van der Waals surface area (Å²) in [5.41, 5.74) is 2.02. The number of benzene rings is 2. The predicted molar refractivity (Wildman–Crippen MR) is 99.3 cm³/mol. The van der Waals surface area contributed by atoms with Crippen LogP contribution in [0.5, 0.6) is 5.75 Å². The van der Waals surface area contributed by atoms with Crippen molar-refractivity contribution < 1.29 is 28.9 Å². The molecule has 0 saturated heterocycles. The topological polar surface area (TPSA) is 76.0 Å². The Hall–Kier alpha value is -2.28. The molecule has 146 valence electrons. The lowest BCUT2D eigenvalue weighted by Gasteiger charge is -2.22. The molecule has 0 aliphatic carbocycles. The molecular formula is C21H25FO5. The van der Waals surface area contributed by atoms with E-state index >= 15 is 0 Å². The number of hydrogen-bond acceptors (Lipinski definition) is 5. The summed E-state index contributed by atoms with van der Waals surface area (Å²) in [6, 6.07) is 12.0. The van der Waals surface area contributed by atoms with Crippen molar-refractivity contribution in [2.24, 2.45) is 0 Å². The van der Waals surface area contributed by atoms with Gasteiger partial charge in [0.1, 0.15) is 24.0 Å². The van der Waals surface area contributed by atoms with Gasteiger partial charge in [-0.05, 0) is 47.9 Å². The number of ether oxygens (including phenoxy) is 2. The lowest BCUT2D eigenvalue weighted by atomic mass is 9.98. The number of aliphatic hydroxyl groups excluding tert-OH is 2. The van der Waals surface area contributed by atoms with Crippen molar-refractivity contribution >= 4 is 6.29 Å². The fourth-order valence-electron chi connectivity index (χ4n) is 2.75. The van der Waals surface area contributed by atoms with Crippen molar-refractivity contribution in [1.82, 2.24) is 0 Å². The fraction of sp³-hybridized carbons (Fsp3) is 0.381. The Morgan fingerprint density at radius 1 is 1.11 bits per heavy atom. The molecule has 5 nitrogen and oxygen atoms in total. The minimum Gasteiger partial charge on any atom is -0.494 e. The van der Waals surface area contributed by atoms with Gasteiger partial charge in [0.2, 0.25) is 0 Å². The molecule has 0 amide bonds. The Morgan fingerprint density at radius 3 is 2.41 bits per heavy atom. The van der Waals surface area contributed by atoms with Crippen LogP contribution in [0.4, 0.5) is 4.39 Å². The Labute approximate surface area is 158 Å². The van der Waals surface area contributed by atoms with E-state index in [4.69, 9.17) is 9.47 Å². The normalized spacial score (nSPS) is 12.2. The smallest absolute Gasteiger partial charge is 0.126 e. The molecule has 0 heterocycles. The van der Waals surface area contributed by atoms with E-state index < -0.39 is 12.2 Å². The van der Waals surface area contributed by atoms with Crippen LogP contribution >= 0.6 is 0 Å². The quantitative estimate of drug-likeness (QED) is 0.590. The van der Waals surface area contributed by atoms with Gasteiger partial charge >= 0.3 is 0 Å². The molecule has 0 spiro atoms. The first kappa shape index (κ1) is 21.0. The van der Waals surface area contributed by atoms with Crippen molar-refractivity contribution in [1.29, 1.82) is 0 Å². The summed E-state index contributed by atoms with van der Waals surface area (Å²) >= 11 is 0. The second-order valence-electron chi connectivity index (χ2n) is 6.12. The molecule has 0 aliphatic heterocycles. The van der Waals surface area contributed by atoms with Crippen molar-refractivity contribution in [3.8, 4) is 5.75 Å². The zero-order chi connectivity index (χ0) is 19.6. The number of aliphatic hydroxyl groups is 2. The van der Waals surface area contributed by atoms with Crippen molar-refractivity contribution in [3.63, 3.8) is 0 Å². The van der Waals surface area contributed by atoms with E-state index in [9.17, 15) is 19.4 Å². The highest BCUT2D eigenvalue weighted by atomic mass is 19.1. The molecule has 2 aromatic carbocycles. The number of rotatable bonds is 11. The van der Waals surface area contributed by atoms with E-state index in [1.807, 2.05) is 31.2 Å². The maximum Gasteiger partial charge on any atom is 0.126 e. The monoisotopic (exact) mass is 376 g/mol. The molecule has 27 heavy (non-hydrogen) atoms. The predicted octanol–water partition coefficient (Wildman–Crippen LogP) is 2.82. The Kier molecular flexibility index (Phi) is 8.39. The summed E-state index contributed by atoms with van der Waals surface area (Å²) < 4.78 is 25.3. The molecule has 2 aromatic rings.